The summed E-state index contributed by atoms with van der Waals surface area (Å²) in [5.41, 5.74) is 3.71. The van der Waals surface area contributed by atoms with Crippen LogP contribution in [-0.4, -0.2) is 46.9 Å². The summed E-state index contributed by atoms with van der Waals surface area (Å²) in [4.78, 5) is 21.3. The molecule has 4 rings (SSSR count). The Bertz CT molecular complexity index is 1020. The lowest BCUT2D eigenvalue weighted by atomic mass is 9.88. The van der Waals surface area contributed by atoms with E-state index >= 15 is 0 Å². The maximum absolute atomic E-state index is 12.6. The molecule has 1 saturated heterocycles. The Kier molecular flexibility index (Phi) is 9.87. The lowest BCUT2D eigenvalue weighted by Crippen LogP contribution is -2.37. The second-order valence-corrected chi connectivity index (χ2v) is 9.74. The first-order chi connectivity index (χ1) is 17.7. The fourth-order valence-corrected chi connectivity index (χ4v) is 5.29. The summed E-state index contributed by atoms with van der Waals surface area (Å²) >= 11 is 0. The number of likely N-dealkylation sites (N-methyl/N-ethyl adjacent to an activating group) is 1. The first-order valence-corrected chi connectivity index (χ1v) is 13.5. The van der Waals surface area contributed by atoms with E-state index in [9.17, 15) is 4.79 Å². The van der Waals surface area contributed by atoms with E-state index in [0.29, 0.717) is 6.04 Å². The summed E-state index contributed by atoms with van der Waals surface area (Å²) in [6.07, 6.45) is 13.0. The highest BCUT2D eigenvalue weighted by Crippen LogP contribution is 2.33. The minimum absolute atomic E-state index is 0.0857. The van der Waals surface area contributed by atoms with Crippen LogP contribution in [0.15, 0.2) is 91.3 Å². The van der Waals surface area contributed by atoms with Crippen molar-refractivity contribution in [2.75, 3.05) is 26.2 Å². The largest absolute Gasteiger partial charge is 0.339 e. The molecule has 0 N–H and O–H groups in total. The number of unbranched alkanes of at least 4 members (excludes halogenated alkanes) is 1. The van der Waals surface area contributed by atoms with E-state index in [1.54, 1.807) is 18.5 Å². The summed E-state index contributed by atoms with van der Waals surface area (Å²) in [5.74, 6) is 0.868. The van der Waals surface area contributed by atoms with E-state index in [2.05, 4.69) is 77.5 Å². The van der Waals surface area contributed by atoms with E-state index in [1.165, 1.54) is 36.8 Å². The van der Waals surface area contributed by atoms with Crippen molar-refractivity contribution in [3.63, 3.8) is 0 Å². The topological polar surface area (TPSA) is 36.4 Å². The average molecular weight is 482 g/mol. The molecule has 3 aromatic rings. The van der Waals surface area contributed by atoms with Crippen LogP contribution in [0.3, 0.4) is 0 Å². The first-order valence-electron chi connectivity index (χ1n) is 13.5. The zero-order chi connectivity index (χ0) is 25.0. The predicted molar refractivity (Wildman–Crippen MR) is 148 cm³/mol. The van der Waals surface area contributed by atoms with Gasteiger partial charge >= 0.3 is 0 Å². The Hall–Kier alpha value is -3.24. The third-order valence-corrected chi connectivity index (χ3v) is 7.33. The van der Waals surface area contributed by atoms with Gasteiger partial charge in [0.05, 0.1) is 6.04 Å². The summed E-state index contributed by atoms with van der Waals surface area (Å²) in [6.45, 7) is 5.90. The van der Waals surface area contributed by atoms with E-state index in [0.717, 1.165) is 44.1 Å². The molecule has 4 heteroatoms. The van der Waals surface area contributed by atoms with Gasteiger partial charge in [-0.3, -0.25) is 14.7 Å². The summed E-state index contributed by atoms with van der Waals surface area (Å²) < 4.78 is 0. The van der Waals surface area contributed by atoms with Crippen molar-refractivity contribution in [1.29, 1.82) is 0 Å². The van der Waals surface area contributed by atoms with Crippen molar-refractivity contribution in [2.45, 2.75) is 45.1 Å². The summed E-state index contributed by atoms with van der Waals surface area (Å²) in [5, 5.41) is 0. The molecule has 2 aromatic carbocycles. The average Bonchev–Trinajstić information content (AvgIpc) is 2.94. The lowest BCUT2D eigenvalue weighted by Gasteiger charge is -2.38. The molecule has 0 radical (unpaired) electrons. The predicted octanol–water partition coefficient (Wildman–Crippen LogP) is 6.62. The number of nitrogens with zero attached hydrogens (tertiary/aromatic N) is 3. The van der Waals surface area contributed by atoms with Crippen LogP contribution in [0.25, 0.3) is 6.08 Å². The molecule has 0 spiro atoms. The molecule has 0 unspecified atom stereocenters. The van der Waals surface area contributed by atoms with Crippen LogP contribution in [0.4, 0.5) is 0 Å². The maximum atomic E-state index is 12.6. The lowest BCUT2D eigenvalue weighted by molar-refractivity contribution is -0.125. The first kappa shape index (κ1) is 25.8. The molecule has 2 heterocycles. The smallest absolute Gasteiger partial charge is 0.246 e. The minimum atomic E-state index is 0.0857. The number of likely N-dealkylation sites (tertiary alicyclic amines) is 1. The van der Waals surface area contributed by atoms with Crippen molar-refractivity contribution in [3.8, 4) is 0 Å². The Morgan fingerprint density at radius 2 is 1.64 bits per heavy atom. The van der Waals surface area contributed by atoms with Gasteiger partial charge in [-0.2, -0.15) is 0 Å². The van der Waals surface area contributed by atoms with Gasteiger partial charge in [-0.15, -0.1) is 0 Å². The molecule has 1 aromatic heterocycles. The summed E-state index contributed by atoms with van der Waals surface area (Å²) in [6, 6.07) is 26.0. The second kappa shape index (κ2) is 13.7. The van der Waals surface area contributed by atoms with Gasteiger partial charge in [-0.25, -0.2) is 0 Å². The molecule has 0 bridgehead atoms. The molecule has 0 atom stereocenters. The van der Waals surface area contributed by atoms with Crippen LogP contribution < -0.4 is 0 Å². The Morgan fingerprint density at radius 1 is 0.972 bits per heavy atom. The molecule has 0 aliphatic carbocycles. The maximum Gasteiger partial charge on any atom is 0.246 e. The van der Waals surface area contributed by atoms with Crippen LogP contribution in [0.2, 0.25) is 0 Å². The molecule has 1 aliphatic rings. The zero-order valence-corrected chi connectivity index (χ0v) is 21.5. The molecule has 4 nitrogen and oxygen atoms in total. The fraction of sp³-hybridized carbons (Fsp3) is 0.375. The van der Waals surface area contributed by atoms with Crippen molar-refractivity contribution < 1.29 is 4.79 Å². The normalized spacial score (nSPS) is 14.9. The molecule has 1 aliphatic heterocycles. The molecule has 1 fully saturated rings. The number of hydrogen-bond acceptors (Lipinski definition) is 3. The van der Waals surface area contributed by atoms with Crippen LogP contribution in [0.1, 0.15) is 61.8 Å². The van der Waals surface area contributed by atoms with Crippen LogP contribution in [0.5, 0.6) is 0 Å². The molecular weight excluding hydrogens is 442 g/mol. The number of carbonyl (C=O) groups excluding carboxylic acids is 1. The number of benzene rings is 2. The van der Waals surface area contributed by atoms with Crippen molar-refractivity contribution in [1.82, 2.24) is 14.8 Å². The number of piperidine rings is 1. The molecule has 1 amide bonds. The minimum Gasteiger partial charge on any atom is -0.339 e. The number of hydrogen-bond donors (Lipinski definition) is 0. The number of aromatic nitrogens is 1. The van der Waals surface area contributed by atoms with Gasteiger partial charge in [0.15, 0.2) is 0 Å². The van der Waals surface area contributed by atoms with Crippen LogP contribution >= 0.6 is 0 Å². The standard InChI is InChI=1S/C32H39N3O/c1-2-34(31(36)19-18-28-13-11-22-33-26-28)23-10-9-12-27-20-24-35(25-21-27)32(29-14-5-3-6-15-29)30-16-7-4-8-17-30/h3-8,11,13-19,22,26-27,32H,2,9-10,12,20-21,23-25H2,1H3/b19-18+. The monoisotopic (exact) mass is 481 g/mol. The molecule has 188 valence electrons. The number of rotatable bonds is 11. The Labute approximate surface area is 216 Å². The number of pyridine rings is 1. The van der Waals surface area contributed by atoms with Crippen LogP contribution in [0, 0.1) is 5.92 Å². The second-order valence-electron chi connectivity index (χ2n) is 9.74. The van der Waals surface area contributed by atoms with Gasteiger partial charge in [0.25, 0.3) is 0 Å². The van der Waals surface area contributed by atoms with E-state index in [4.69, 9.17) is 0 Å². The Balaban J connectivity index is 1.22. The van der Waals surface area contributed by atoms with Crippen molar-refractivity contribution in [3.05, 3.63) is 108 Å². The molecule has 36 heavy (non-hydrogen) atoms. The third-order valence-electron chi connectivity index (χ3n) is 7.33. The van der Waals surface area contributed by atoms with Gasteiger partial charge in [0.1, 0.15) is 0 Å². The highest BCUT2D eigenvalue weighted by Gasteiger charge is 2.27. The quantitative estimate of drug-likeness (QED) is 0.228. The number of amides is 1. The van der Waals surface area contributed by atoms with Gasteiger partial charge < -0.3 is 4.90 Å². The van der Waals surface area contributed by atoms with Gasteiger partial charge in [0.2, 0.25) is 5.91 Å². The van der Waals surface area contributed by atoms with Gasteiger partial charge in [0, 0.05) is 31.6 Å². The zero-order valence-electron chi connectivity index (χ0n) is 21.5. The van der Waals surface area contributed by atoms with Crippen molar-refractivity contribution in [2.24, 2.45) is 5.92 Å². The Morgan fingerprint density at radius 3 is 2.22 bits per heavy atom. The fourth-order valence-electron chi connectivity index (χ4n) is 5.29. The van der Waals surface area contributed by atoms with E-state index in [1.807, 2.05) is 23.1 Å². The molecular formula is C32H39N3O. The van der Waals surface area contributed by atoms with Crippen LogP contribution in [-0.2, 0) is 4.79 Å². The molecule has 0 saturated carbocycles. The van der Waals surface area contributed by atoms with Crippen molar-refractivity contribution >= 4 is 12.0 Å². The van der Waals surface area contributed by atoms with Gasteiger partial charge in [-0.1, -0.05) is 79.6 Å². The SMILES string of the molecule is CCN(CCCCC1CCN(C(c2ccccc2)c2ccccc2)CC1)C(=O)/C=C/c1cccnc1. The van der Waals surface area contributed by atoms with E-state index in [-0.39, 0.29) is 5.91 Å². The van der Waals surface area contributed by atoms with Gasteiger partial charge in [-0.05, 0) is 74.0 Å². The number of carbonyl (C=O) groups is 1. The highest BCUT2D eigenvalue weighted by molar-refractivity contribution is 5.91. The highest BCUT2D eigenvalue weighted by atomic mass is 16.2. The summed E-state index contributed by atoms with van der Waals surface area (Å²) in [7, 11) is 0. The van der Waals surface area contributed by atoms with E-state index < -0.39 is 0 Å². The third kappa shape index (κ3) is 7.38.